The summed E-state index contributed by atoms with van der Waals surface area (Å²) in [5.74, 6) is 0. The van der Waals surface area contributed by atoms with E-state index in [9.17, 15) is 9.59 Å². The quantitative estimate of drug-likeness (QED) is 0.571. The highest BCUT2D eigenvalue weighted by Gasteiger charge is 2.24. The summed E-state index contributed by atoms with van der Waals surface area (Å²) in [4.78, 5) is 22.9. The topological polar surface area (TPSA) is 61.2 Å². The van der Waals surface area contributed by atoms with Crippen molar-refractivity contribution in [2.75, 3.05) is 0 Å². The third-order valence-electron chi connectivity index (χ3n) is 2.13. The molecule has 0 aromatic carbocycles. The molecule has 0 N–H and O–H groups in total. The van der Waals surface area contributed by atoms with Gasteiger partial charge < -0.3 is 4.74 Å². The van der Waals surface area contributed by atoms with Crippen molar-refractivity contribution < 1.29 is 14.3 Å². The first-order valence-electron chi connectivity index (χ1n) is 5.35. The van der Waals surface area contributed by atoms with Gasteiger partial charge >= 0.3 is 6.09 Å². The van der Waals surface area contributed by atoms with Crippen LogP contribution in [0.5, 0.6) is 0 Å². The molecule has 18 heavy (non-hydrogen) atoms. The number of ether oxygens (including phenoxy) is 1. The molecule has 5 nitrogen and oxygen atoms in total. The Labute approximate surface area is 115 Å². The van der Waals surface area contributed by atoms with Gasteiger partial charge in [-0.1, -0.05) is 20.7 Å². The van der Waals surface area contributed by atoms with Crippen LogP contribution in [0.2, 0.25) is 0 Å². The van der Waals surface area contributed by atoms with Crippen LogP contribution in [0.25, 0.3) is 6.08 Å². The van der Waals surface area contributed by atoms with Gasteiger partial charge in [0.25, 0.3) is 0 Å². The highest BCUT2D eigenvalue weighted by Crippen LogP contribution is 2.22. The molecule has 6 heteroatoms. The fourth-order valence-electron chi connectivity index (χ4n) is 1.46. The lowest BCUT2D eigenvalue weighted by Crippen LogP contribution is -2.28. The van der Waals surface area contributed by atoms with E-state index in [0.29, 0.717) is 17.7 Å². The molecule has 1 aliphatic rings. The molecule has 0 aliphatic carbocycles. The van der Waals surface area contributed by atoms with Gasteiger partial charge in [-0.3, -0.25) is 4.79 Å². The van der Waals surface area contributed by atoms with Crippen molar-refractivity contribution in [3.05, 3.63) is 21.0 Å². The van der Waals surface area contributed by atoms with Crippen molar-refractivity contribution in [2.45, 2.75) is 26.4 Å². The number of hydrogen-bond acceptors (Lipinski definition) is 4. The number of hydrogen-bond donors (Lipinski definition) is 0. The van der Waals surface area contributed by atoms with E-state index in [1.807, 2.05) is 14.2 Å². The lowest BCUT2D eigenvalue weighted by Gasteiger charge is -2.19. The van der Waals surface area contributed by atoms with Gasteiger partial charge in [-0.2, -0.15) is 9.78 Å². The van der Waals surface area contributed by atoms with Crippen molar-refractivity contribution >= 4 is 43.2 Å². The second-order valence-electron chi connectivity index (χ2n) is 4.72. The normalized spacial score (nSPS) is 13.7. The lowest BCUT2D eigenvalue weighted by molar-refractivity contribution is 0.0513. The number of aldehydes is 1. The molecule has 0 amide bonds. The fraction of sp³-hybridized carbons (Fsp3) is 0.333. The molecule has 0 unspecified atom stereocenters. The Balaban J connectivity index is 2.44. The molecular weight excluding hydrogens is 347 g/mol. The summed E-state index contributed by atoms with van der Waals surface area (Å²) in [7, 11) is 0. The number of rotatable bonds is 1. The van der Waals surface area contributed by atoms with Crippen LogP contribution in [-0.2, 0) is 4.74 Å². The molecule has 2 heterocycles. The number of carbonyl (C=O) groups excluding carboxylic acids is 2. The molecule has 0 bridgehead atoms. The summed E-state index contributed by atoms with van der Waals surface area (Å²) in [5, 5.41) is 4.00. The second-order valence-corrected chi connectivity index (χ2v) is 6.78. The molecule has 1 aromatic heterocycles. The minimum atomic E-state index is -0.591. The standard InChI is InChI=1S/C12H13IN2O3/c1-12(2,3)18-11(17)15-10-4-5-13-6-8(10)9(7-16)14-15/h4-7H,1-3H3. The highest BCUT2D eigenvalue weighted by molar-refractivity contribution is 14.2. The van der Waals surface area contributed by atoms with Crippen LogP contribution in [0, 0.1) is 0 Å². The van der Waals surface area contributed by atoms with Gasteiger partial charge in [0.1, 0.15) is 11.3 Å². The van der Waals surface area contributed by atoms with E-state index in [1.165, 1.54) is 0 Å². The molecule has 0 fully saturated rings. The van der Waals surface area contributed by atoms with E-state index < -0.39 is 11.7 Å². The Kier molecular flexibility index (Phi) is 3.47. The molecule has 96 valence electrons. The van der Waals surface area contributed by atoms with Crippen LogP contribution in [0.3, 0.4) is 0 Å². The maximum Gasteiger partial charge on any atom is 0.435 e. The van der Waals surface area contributed by atoms with Gasteiger partial charge in [0, 0.05) is 5.56 Å². The van der Waals surface area contributed by atoms with Gasteiger partial charge in [-0.25, -0.2) is 4.79 Å². The zero-order valence-corrected chi connectivity index (χ0v) is 12.5. The Bertz CT molecular complexity index is 565. The summed E-state index contributed by atoms with van der Waals surface area (Å²) in [6, 6.07) is 0. The lowest BCUT2D eigenvalue weighted by atomic mass is 10.2. The zero-order valence-electron chi connectivity index (χ0n) is 10.3. The first kappa shape index (κ1) is 13.1. The van der Waals surface area contributed by atoms with E-state index in [1.54, 1.807) is 20.8 Å². The predicted molar refractivity (Wildman–Crippen MR) is 77.5 cm³/mol. The van der Waals surface area contributed by atoms with E-state index >= 15 is 0 Å². The van der Waals surface area contributed by atoms with E-state index in [-0.39, 0.29) is 20.7 Å². The third kappa shape index (κ3) is 2.58. The number of aromatic nitrogens is 2. The van der Waals surface area contributed by atoms with Crippen LogP contribution in [-0.4, -0.2) is 31.8 Å². The van der Waals surface area contributed by atoms with Crippen molar-refractivity contribution in [2.24, 2.45) is 0 Å². The van der Waals surface area contributed by atoms with Crippen molar-refractivity contribution in [1.29, 1.82) is 0 Å². The minimum absolute atomic E-state index is 0.201. The van der Waals surface area contributed by atoms with Crippen molar-refractivity contribution in [1.82, 2.24) is 9.78 Å². The minimum Gasteiger partial charge on any atom is -0.442 e. The molecule has 0 radical (unpaired) electrons. The summed E-state index contributed by atoms with van der Waals surface area (Å²) in [6.07, 6.45) is 1.93. The van der Waals surface area contributed by atoms with E-state index in [0.717, 1.165) is 10.2 Å². The van der Waals surface area contributed by atoms with E-state index in [2.05, 4.69) is 5.10 Å². The predicted octanol–water partition coefficient (Wildman–Crippen LogP) is 2.58. The van der Waals surface area contributed by atoms with Crippen LogP contribution >= 0.6 is 20.7 Å². The maximum atomic E-state index is 12.0. The first-order chi connectivity index (χ1) is 8.42. The summed E-state index contributed by atoms with van der Waals surface area (Å²) >= 11 is -0.201. The van der Waals surface area contributed by atoms with Crippen LogP contribution in [0.1, 0.15) is 42.5 Å². The average Bonchev–Trinajstić information content (AvgIpc) is 2.65. The molecule has 0 atom stereocenters. The van der Waals surface area contributed by atoms with E-state index in [4.69, 9.17) is 4.74 Å². The van der Waals surface area contributed by atoms with Gasteiger partial charge in [0.05, 0.1) is 5.69 Å². The van der Waals surface area contributed by atoms with Gasteiger partial charge in [-0.05, 0) is 34.9 Å². The Morgan fingerprint density at radius 3 is 2.83 bits per heavy atom. The molecule has 2 rings (SSSR count). The number of carbonyl (C=O) groups is 2. The average molecular weight is 360 g/mol. The SMILES string of the molecule is CC(C)(C)OC(=O)n1nc(C=O)c2c1C=CI=C2. The highest BCUT2D eigenvalue weighted by atomic mass is 127. The zero-order chi connectivity index (χ0) is 13.3. The third-order valence-corrected chi connectivity index (χ3v) is 3.89. The summed E-state index contributed by atoms with van der Waals surface area (Å²) < 4.78 is 10.4. The van der Waals surface area contributed by atoms with Crippen LogP contribution in [0.4, 0.5) is 4.79 Å². The second kappa shape index (κ2) is 4.75. The maximum absolute atomic E-state index is 12.0. The number of nitrogens with zero attached hydrogens (tertiary/aromatic N) is 2. The van der Waals surface area contributed by atoms with Crippen molar-refractivity contribution in [3.8, 4) is 0 Å². The summed E-state index contributed by atoms with van der Waals surface area (Å²) in [6.45, 7) is 5.36. The molecule has 0 saturated carbocycles. The smallest absolute Gasteiger partial charge is 0.435 e. The van der Waals surface area contributed by atoms with Crippen LogP contribution < -0.4 is 0 Å². The number of fused-ring (bicyclic) bond motifs is 1. The van der Waals surface area contributed by atoms with Gasteiger partial charge in [-0.15, -0.1) is 0 Å². The Morgan fingerprint density at radius 2 is 2.22 bits per heavy atom. The summed E-state index contributed by atoms with van der Waals surface area (Å²) in [5.41, 5.74) is 1.06. The fourth-order valence-corrected chi connectivity index (χ4v) is 3.21. The molecule has 1 aliphatic heterocycles. The monoisotopic (exact) mass is 360 g/mol. The first-order valence-corrected chi connectivity index (χ1v) is 7.85. The Morgan fingerprint density at radius 1 is 1.50 bits per heavy atom. The number of halogens is 1. The van der Waals surface area contributed by atoms with Crippen LogP contribution in [0.15, 0.2) is 4.08 Å². The Hall–Kier alpha value is -1.31. The molecule has 1 aromatic rings. The molecule has 0 spiro atoms. The largest absolute Gasteiger partial charge is 0.442 e. The molecule has 0 saturated heterocycles. The van der Waals surface area contributed by atoms with Crippen molar-refractivity contribution in [3.63, 3.8) is 0 Å². The van der Waals surface area contributed by atoms with Gasteiger partial charge in [0.2, 0.25) is 0 Å². The molecular formula is C12H13IN2O3. The van der Waals surface area contributed by atoms with Gasteiger partial charge in [0.15, 0.2) is 6.29 Å².